The molecule has 0 saturated carbocycles. The molecule has 2 aromatic rings. The standard InChI is InChI=1S/C21H31NO2/c1-15(23)16-7-9-17(10-8-16)19-12-11-18(24-19)13-22-21(5,6)14-20(2,3)4/h7-12,15,22-23H,13-14H2,1-6H3/t15-/m1/s1. The molecule has 1 aromatic heterocycles. The van der Waals surface area contributed by atoms with E-state index in [4.69, 9.17) is 4.42 Å². The van der Waals surface area contributed by atoms with Crippen LogP contribution in [-0.4, -0.2) is 10.6 Å². The fraction of sp³-hybridized carbons (Fsp3) is 0.524. The first kappa shape index (κ1) is 18.8. The molecule has 1 aromatic carbocycles. The van der Waals surface area contributed by atoms with Gasteiger partial charge in [0.05, 0.1) is 12.6 Å². The van der Waals surface area contributed by atoms with Crippen molar-refractivity contribution >= 4 is 0 Å². The summed E-state index contributed by atoms with van der Waals surface area (Å²) in [5.74, 6) is 1.80. The van der Waals surface area contributed by atoms with Crippen molar-refractivity contribution in [3.8, 4) is 11.3 Å². The van der Waals surface area contributed by atoms with Gasteiger partial charge in [0.25, 0.3) is 0 Å². The van der Waals surface area contributed by atoms with Crippen molar-refractivity contribution in [3.05, 3.63) is 47.7 Å². The minimum absolute atomic E-state index is 0.0596. The number of aliphatic hydroxyl groups is 1. The molecule has 0 aliphatic heterocycles. The Bertz CT molecular complexity index is 645. The number of benzene rings is 1. The molecule has 0 amide bonds. The SMILES string of the molecule is C[C@@H](O)c1ccc(-c2ccc(CNC(C)(C)CC(C)(C)C)o2)cc1. The number of rotatable bonds is 6. The average molecular weight is 329 g/mol. The second-order valence-electron chi connectivity index (χ2n) is 8.54. The third-order valence-electron chi connectivity index (χ3n) is 4.05. The van der Waals surface area contributed by atoms with Crippen LogP contribution in [0.25, 0.3) is 11.3 Å². The summed E-state index contributed by atoms with van der Waals surface area (Å²) in [6.45, 7) is 13.7. The number of hydrogen-bond acceptors (Lipinski definition) is 3. The van der Waals surface area contributed by atoms with Gasteiger partial charge >= 0.3 is 0 Å². The highest BCUT2D eigenvalue weighted by atomic mass is 16.3. The fourth-order valence-electron chi connectivity index (χ4n) is 3.27. The number of aliphatic hydroxyl groups excluding tert-OH is 1. The fourth-order valence-corrected chi connectivity index (χ4v) is 3.27. The molecular weight excluding hydrogens is 298 g/mol. The van der Waals surface area contributed by atoms with E-state index in [2.05, 4.69) is 39.9 Å². The Labute approximate surface area is 146 Å². The van der Waals surface area contributed by atoms with E-state index in [1.807, 2.05) is 36.4 Å². The summed E-state index contributed by atoms with van der Waals surface area (Å²) in [5, 5.41) is 13.2. The molecule has 0 spiro atoms. The normalized spacial score (nSPS) is 14.0. The monoisotopic (exact) mass is 329 g/mol. The van der Waals surface area contributed by atoms with E-state index in [0.29, 0.717) is 0 Å². The smallest absolute Gasteiger partial charge is 0.134 e. The van der Waals surface area contributed by atoms with Gasteiger partial charge < -0.3 is 14.8 Å². The van der Waals surface area contributed by atoms with E-state index in [1.165, 1.54) is 0 Å². The summed E-state index contributed by atoms with van der Waals surface area (Å²) >= 11 is 0. The lowest BCUT2D eigenvalue weighted by Crippen LogP contribution is -2.41. The zero-order valence-corrected chi connectivity index (χ0v) is 15.8. The minimum atomic E-state index is -0.444. The number of hydrogen-bond donors (Lipinski definition) is 2. The molecule has 0 radical (unpaired) electrons. The molecule has 1 atom stereocenters. The summed E-state index contributed by atoms with van der Waals surface area (Å²) < 4.78 is 5.97. The van der Waals surface area contributed by atoms with Gasteiger partial charge in [-0.15, -0.1) is 0 Å². The summed E-state index contributed by atoms with van der Waals surface area (Å²) in [5.41, 5.74) is 2.29. The molecule has 132 valence electrons. The maximum Gasteiger partial charge on any atom is 0.134 e. The molecule has 1 heterocycles. The molecular formula is C21H31NO2. The molecule has 0 aliphatic rings. The third kappa shape index (κ3) is 5.50. The Morgan fingerprint density at radius 1 is 1.00 bits per heavy atom. The summed E-state index contributed by atoms with van der Waals surface area (Å²) in [6.07, 6.45) is 0.648. The van der Waals surface area contributed by atoms with Crippen LogP contribution in [0, 0.1) is 5.41 Å². The van der Waals surface area contributed by atoms with E-state index in [1.54, 1.807) is 6.92 Å². The molecule has 0 fully saturated rings. The van der Waals surface area contributed by atoms with Crippen molar-refractivity contribution in [2.45, 2.75) is 66.2 Å². The number of furan rings is 1. The molecule has 2 rings (SSSR count). The van der Waals surface area contributed by atoms with Gasteiger partial charge in [0.15, 0.2) is 0 Å². The van der Waals surface area contributed by atoms with Gasteiger partial charge in [-0.2, -0.15) is 0 Å². The molecule has 0 bridgehead atoms. The predicted molar refractivity (Wildman–Crippen MR) is 99.8 cm³/mol. The van der Waals surface area contributed by atoms with E-state index in [9.17, 15) is 5.11 Å². The lowest BCUT2D eigenvalue weighted by molar-refractivity contribution is 0.199. The van der Waals surface area contributed by atoms with Gasteiger partial charge in [0.2, 0.25) is 0 Å². The Morgan fingerprint density at radius 3 is 2.17 bits per heavy atom. The molecule has 3 nitrogen and oxygen atoms in total. The Balaban J connectivity index is 2.00. The van der Waals surface area contributed by atoms with E-state index in [0.717, 1.165) is 35.6 Å². The van der Waals surface area contributed by atoms with Crippen LogP contribution in [0.5, 0.6) is 0 Å². The highest BCUT2D eigenvalue weighted by molar-refractivity contribution is 5.58. The van der Waals surface area contributed by atoms with Crippen molar-refractivity contribution < 1.29 is 9.52 Å². The van der Waals surface area contributed by atoms with Gasteiger partial charge in [-0.25, -0.2) is 0 Å². The second-order valence-corrected chi connectivity index (χ2v) is 8.54. The topological polar surface area (TPSA) is 45.4 Å². The molecule has 0 unspecified atom stereocenters. The van der Waals surface area contributed by atoms with Gasteiger partial charge in [0.1, 0.15) is 11.5 Å². The van der Waals surface area contributed by atoms with Crippen molar-refractivity contribution in [1.29, 1.82) is 0 Å². The van der Waals surface area contributed by atoms with Crippen LogP contribution in [0.1, 0.15) is 65.4 Å². The number of nitrogens with one attached hydrogen (secondary N) is 1. The van der Waals surface area contributed by atoms with Crippen LogP contribution >= 0.6 is 0 Å². The zero-order valence-electron chi connectivity index (χ0n) is 15.8. The Morgan fingerprint density at radius 2 is 1.62 bits per heavy atom. The largest absolute Gasteiger partial charge is 0.460 e. The Kier molecular flexibility index (Phi) is 5.56. The lowest BCUT2D eigenvalue weighted by Gasteiger charge is -2.33. The van der Waals surface area contributed by atoms with Gasteiger partial charge in [-0.1, -0.05) is 45.0 Å². The van der Waals surface area contributed by atoms with Crippen LogP contribution < -0.4 is 5.32 Å². The molecule has 2 N–H and O–H groups in total. The highest BCUT2D eigenvalue weighted by Gasteiger charge is 2.25. The summed E-state index contributed by atoms with van der Waals surface area (Å²) in [4.78, 5) is 0. The highest BCUT2D eigenvalue weighted by Crippen LogP contribution is 2.28. The van der Waals surface area contributed by atoms with Crippen LogP contribution in [0.15, 0.2) is 40.8 Å². The lowest BCUT2D eigenvalue weighted by atomic mass is 9.82. The van der Waals surface area contributed by atoms with Gasteiger partial charge in [-0.3, -0.25) is 0 Å². The van der Waals surface area contributed by atoms with Crippen LogP contribution in [0.4, 0.5) is 0 Å². The van der Waals surface area contributed by atoms with Crippen molar-refractivity contribution in [2.24, 2.45) is 5.41 Å². The quantitative estimate of drug-likeness (QED) is 0.755. The first-order valence-corrected chi connectivity index (χ1v) is 8.68. The van der Waals surface area contributed by atoms with Gasteiger partial charge in [0, 0.05) is 11.1 Å². The first-order chi connectivity index (χ1) is 11.1. The molecule has 0 saturated heterocycles. The van der Waals surface area contributed by atoms with Crippen LogP contribution in [0.3, 0.4) is 0 Å². The minimum Gasteiger partial charge on any atom is -0.460 e. The second kappa shape index (κ2) is 7.12. The van der Waals surface area contributed by atoms with Crippen molar-refractivity contribution in [3.63, 3.8) is 0 Å². The third-order valence-corrected chi connectivity index (χ3v) is 4.05. The molecule has 24 heavy (non-hydrogen) atoms. The van der Waals surface area contributed by atoms with E-state index >= 15 is 0 Å². The van der Waals surface area contributed by atoms with Crippen molar-refractivity contribution in [1.82, 2.24) is 5.32 Å². The van der Waals surface area contributed by atoms with Gasteiger partial charge in [-0.05, 0) is 50.3 Å². The zero-order chi connectivity index (χ0) is 18.0. The Hall–Kier alpha value is -1.58. The van der Waals surface area contributed by atoms with E-state index in [-0.39, 0.29) is 11.0 Å². The molecule has 0 aliphatic carbocycles. The average Bonchev–Trinajstić information content (AvgIpc) is 2.92. The predicted octanol–water partition coefficient (Wildman–Crippen LogP) is 5.30. The first-order valence-electron chi connectivity index (χ1n) is 8.68. The summed E-state index contributed by atoms with van der Waals surface area (Å²) in [6, 6.07) is 11.9. The van der Waals surface area contributed by atoms with Crippen LogP contribution in [0.2, 0.25) is 0 Å². The van der Waals surface area contributed by atoms with Crippen LogP contribution in [-0.2, 0) is 6.54 Å². The van der Waals surface area contributed by atoms with Crippen molar-refractivity contribution in [2.75, 3.05) is 0 Å². The molecule has 3 heteroatoms. The summed E-state index contributed by atoms with van der Waals surface area (Å²) in [7, 11) is 0. The van der Waals surface area contributed by atoms with E-state index < -0.39 is 6.10 Å². The maximum atomic E-state index is 9.58. The maximum absolute atomic E-state index is 9.58.